The van der Waals surface area contributed by atoms with Crippen molar-refractivity contribution in [1.29, 1.82) is 0 Å². The van der Waals surface area contributed by atoms with Crippen LogP contribution < -0.4 is 11.1 Å². The van der Waals surface area contributed by atoms with Gasteiger partial charge in [-0.2, -0.15) is 0 Å². The number of nitrogens with one attached hydrogen (secondary N) is 1. The van der Waals surface area contributed by atoms with Crippen LogP contribution in [0.5, 0.6) is 0 Å². The number of carbonyl (C=O) groups is 1. The van der Waals surface area contributed by atoms with Gasteiger partial charge in [0.15, 0.2) is 0 Å². The molecule has 0 atom stereocenters. The molecule has 0 fully saturated rings. The molecule has 1 amide bonds. The molecular formula is C10H22N2O3. The molecule has 0 radical (unpaired) electrons. The van der Waals surface area contributed by atoms with Crippen molar-refractivity contribution >= 4 is 5.91 Å². The van der Waals surface area contributed by atoms with E-state index in [4.69, 9.17) is 15.2 Å². The maximum atomic E-state index is 11.2. The largest absolute Gasteiger partial charge is 0.379 e. The predicted octanol–water partition coefficient (Wildman–Crippen LogP) is -0.107. The van der Waals surface area contributed by atoms with Crippen molar-refractivity contribution in [3.8, 4) is 0 Å². The van der Waals surface area contributed by atoms with Gasteiger partial charge < -0.3 is 20.5 Å². The molecule has 3 N–H and O–H groups in total. The number of hydrogen-bond acceptors (Lipinski definition) is 4. The van der Waals surface area contributed by atoms with Crippen molar-refractivity contribution in [1.82, 2.24) is 5.32 Å². The van der Waals surface area contributed by atoms with E-state index in [1.165, 1.54) is 0 Å². The highest BCUT2D eigenvalue weighted by atomic mass is 16.5. The fraction of sp³-hybridized carbons (Fsp3) is 0.900. The number of amides is 1. The Bertz CT molecular complexity index is 178. The van der Waals surface area contributed by atoms with Crippen molar-refractivity contribution in [3.63, 3.8) is 0 Å². The molecule has 0 aliphatic rings. The minimum atomic E-state index is -0.388. The standard InChI is InChI=1S/C10H22N2O3/c1-4-14-5-6-15-7-9(13)12-8-10(2,3)11/h4-8,11H2,1-3H3,(H,12,13). The Morgan fingerprint density at radius 2 is 1.93 bits per heavy atom. The molecule has 0 rings (SSSR count). The fourth-order valence-electron chi connectivity index (χ4n) is 0.804. The van der Waals surface area contributed by atoms with E-state index in [9.17, 15) is 4.79 Å². The van der Waals surface area contributed by atoms with Gasteiger partial charge in [-0.3, -0.25) is 4.79 Å². The van der Waals surface area contributed by atoms with Crippen LogP contribution in [0.3, 0.4) is 0 Å². The monoisotopic (exact) mass is 218 g/mol. The topological polar surface area (TPSA) is 73.6 Å². The summed E-state index contributed by atoms with van der Waals surface area (Å²) in [5.74, 6) is -0.148. The van der Waals surface area contributed by atoms with E-state index in [1.54, 1.807) is 0 Å². The lowest BCUT2D eigenvalue weighted by Crippen LogP contribution is -2.46. The van der Waals surface area contributed by atoms with Gasteiger partial charge in [0.1, 0.15) is 6.61 Å². The highest BCUT2D eigenvalue weighted by Gasteiger charge is 2.11. The molecule has 0 aromatic rings. The molecule has 0 saturated heterocycles. The molecule has 0 bridgehead atoms. The smallest absolute Gasteiger partial charge is 0.246 e. The maximum absolute atomic E-state index is 11.2. The summed E-state index contributed by atoms with van der Waals surface area (Å²) in [6, 6.07) is 0. The zero-order chi connectivity index (χ0) is 11.7. The lowest BCUT2D eigenvalue weighted by Gasteiger charge is -2.18. The van der Waals surface area contributed by atoms with Crippen LogP contribution in [0.25, 0.3) is 0 Å². The second-order valence-electron chi connectivity index (χ2n) is 4.01. The van der Waals surface area contributed by atoms with Crippen LogP contribution >= 0.6 is 0 Å². The lowest BCUT2D eigenvalue weighted by atomic mass is 10.1. The van der Waals surface area contributed by atoms with Crippen molar-refractivity contribution in [2.24, 2.45) is 5.73 Å². The van der Waals surface area contributed by atoms with Gasteiger partial charge in [-0.1, -0.05) is 0 Å². The van der Waals surface area contributed by atoms with Gasteiger partial charge in [0.25, 0.3) is 0 Å². The lowest BCUT2D eigenvalue weighted by molar-refractivity contribution is -0.126. The average molecular weight is 218 g/mol. The molecule has 0 aromatic heterocycles. The molecule has 0 aliphatic heterocycles. The van der Waals surface area contributed by atoms with Crippen LogP contribution in [-0.4, -0.2) is 44.4 Å². The zero-order valence-electron chi connectivity index (χ0n) is 9.84. The third-order valence-electron chi connectivity index (χ3n) is 1.55. The minimum absolute atomic E-state index is 0.0587. The van der Waals surface area contributed by atoms with Crippen molar-refractivity contribution < 1.29 is 14.3 Å². The molecule has 0 saturated carbocycles. The second kappa shape index (κ2) is 7.62. The quantitative estimate of drug-likeness (QED) is 0.558. The van der Waals surface area contributed by atoms with E-state index in [2.05, 4.69) is 5.32 Å². The molecule has 5 nitrogen and oxygen atoms in total. The minimum Gasteiger partial charge on any atom is -0.379 e. The van der Waals surface area contributed by atoms with E-state index in [0.717, 1.165) is 0 Å². The molecular weight excluding hydrogens is 196 g/mol. The third kappa shape index (κ3) is 11.3. The summed E-state index contributed by atoms with van der Waals surface area (Å²) < 4.78 is 10.1. The molecule has 0 heterocycles. The summed E-state index contributed by atoms with van der Waals surface area (Å²) in [7, 11) is 0. The van der Waals surface area contributed by atoms with E-state index in [1.807, 2.05) is 20.8 Å². The number of carbonyl (C=O) groups excluding carboxylic acids is 1. The summed E-state index contributed by atoms with van der Waals surface area (Å²) in [6.07, 6.45) is 0. The Kier molecular flexibility index (Phi) is 7.29. The van der Waals surface area contributed by atoms with E-state index in [0.29, 0.717) is 26.4 Å². The van der Waals surface area contributed by atoms with Crippen LogP contribution in [0.1, 0.15) is 20.8 Å². The van der Waals surface area contributed by atoms with Gasteiger partial charge in [-0.15, -0.1) is 0 Å². The van der Waals surface area contributed by atoms with Gasteiger partial charge >= 0.3 is 0 Å². The van der Waals surface area contributed by atoms with Gasteiger partial charge in [0.2, 0.25) is 5.91 Å². The van der Waals surface area contributed by atoms with Crippen LogP contribution in [0, 0.1) is 0 Å². The highest BCUT2D eigenvalue weighted by Crippen LogP contribution is 1.92. The molecule has 15 heavy (non-hydrogen) atoms. The van der Waals surface area contributed by atoms with E-state index in [-0.39, 0.29) is 18.1 Å². The molecule has 5 heteroatoms. The molecule has 0 aliphatic carbocycles. The Morgan fingerprint density at radius 1 is 1.33 bits per heavy atom. The zero-order valence-corrected chi connectivity index (χ0v) is 9.84. The Morgan fingerprint density at radius 3 is 2.47 bits per heavy atom. The SMILES string of the molecule is CCOCCOCC(=O)NCC(C)(C)N. The normalized spacial score (nSPS) is 11.5. The first-order valence-electron chi connectivity index (χ1n) is 5.17. The van der Waals surface area contributed by atoms with Crippen LogP contribution in [0.15, 0.2) is 0 Å². The predicted molar refractivity (Wildman–Crippen MR) is 58.6 cm³/mol. The van der Waals surface area contributed by atoms with E-state index >= 15 is 0 Å². The number of hydrogen-bond donors (Lipinski definition) is 2. The first kappa shape index (κ1) is 14.3. The highest BCUT2D eigenvalue weighted by molar-refractivity contribution is 5.77. The maximum Gasteiger partial charge on any atom is 0.246 e. The molecule has 0 aromatic carbocycles. The van der Waals surface area contributed by atoms with Gasteiger partial charge in [0, 0.05) is 18.7 Å². The molecule has 0 spiro atoms. The van der Waals surface area contributed by atoms with Crippen LogP contribution in [0.2, 0.25) is 0 Å². The number of rotatable bonds is 8. The van der Waals surface area contributed by atoms with Crippen molar-refractivity contribution in [2.75, 3.05) is 33.0 Å². The van der Waals surface area contributed by atoms with Gasteiger partial charge in [-0.05, 0) is 20.8 Å². The van der Waals surface area contributed by atoms with Gasteiger partial charge in [0.05, 0.1) is 13.2 Å². The summed E-state index contributed by atoms with van der Waals surface area (Å²) in [5, 5.41) is 2.68. The summed E-state index contributed by atoms with van der Waals surface area (Å²) >= 11 is 0. The Labute approximate surface area is 91.3 Å². The average Bonchev–Trinajstić information content (AvgIpc) is 2.13. The summed E-state index contributed by atoms with van der Waals surface area (Å²) in [6.45, 7) is 7.74. The van der Waals surface area contributed by atoms with Crippen molar-refractivity contribution in [2.45, 2.75) is 26.3 Å². The third-order valence-corrected chi connectivity index (χ3v) is 1.55. The molecule has 90 valence electrons. The summed E-state index contributed by atoms with van der Waals surface area (Å²) in [5.41, 5.74) is 5.31. The summed E-state index contributed by atoms with van der Waals surface area (Å²) in [4.78, 5) is 11.2. The number of nitrogens with two attached hydrogens (primary N) is 1. The van der Waals surface area contributed by atoms with Crippen LogP contribution in [-0.2, 0) is 14.3 Å². The first-order valence-corrected chi connectivity index (χ1v) is 5.17. The molecule has 0 unspecified atom stereocenters. The first-order chi connectivity index (χ1) is 6.95. The Balaban J connectivity index is 3.34. The second-order valence-corrected chi connectivity index (χ2v) is 4.01. The Hall–Kier alpha value is -0.650. The van der Waals surface area contributed by atoms with Crippen molar-refractivity contribution in [3.05, 3.63) is 0 Å². The fourth-order valence-corrected chi connectivity index (χ4v) is 0.804. The number of ether oxygens (including phenoxy) is 2. The van der Waals surface area contributed by atoms with Gasteiger partial charge in [-0.25, -0.2) is 0 Å². The van der Waals surface area contributed by atoms with E-state index < -0.39 is 0 Å². The van der Waals surface area contributed by atoms with Crippen LogP contribution in [0.4, 0.5) is 0 Å².